The SMILES string of the molecule is C=C(Oc1ccccc1C(=O)C(O)c1ccccc1)C(=O)O. The smallest absolute Gasteiger partial charge is 0.371 e. The molecule has 0 fully saturated rings. The van der Waals surface area contributed by atoms with Gasteiger partial charge in [-0.15, -0.1) is 0 Å². The maximum atomic E-state index is 12.4. The zero-order chi connectivity index (χ0) is 16.1. The predicted molar refractivity (Wildman–Crippen MR) is 79.6 cm³/mol. The van der Waals surface area contributed by atoms with E-state index in [0.717, 1.165) is 0 Å². The molecule has 0 aliphatic heterocycles. The number of hydrogen-bond acceptors (Lipinski definition) is 4. The Balaban J connectivity index is 2.30. The Hall–Kier alpha value is -2.92. The van der Waals surface area contributed by atoms with Crippen LogP contribution in [0.2, 0.25) is 0 Å². The van der Waals surface area contributed by atoms with Crippen LogP contribution in [0.25, 0.3) is 0 Å². The quantitative estimate of drug-likeness (QED) is 0.486. The molecule has 0 aliphatic carbocycles. The van der Waals surface area contributed by atoms with Gasteiger partial charge in [0.1, 0.15) is 11.9 Å². The molecule has 2 aromatic rings. The number of rotatable bonds is 6. The van der Waals surface area contributed by atoms with Crippen molar-refractivity contribution in [3.05, 3.63) is 78.1 Å². The number of ketones is 1. The van der Waals surface area contributed by atoms with Crippen molar-refractivity contribution in [2.45, 2.75) is 6.10 Å². The highest BCUT2D eigenvalue weighted by Crippen LogP contribution is 2.26. The minimum absolute atomic E-state index is 0.0369. The van der Waals surface area contributed by atoms with Gasteiger partial charge >= 0.3 is 5.97 Å². The molecule has 2 rings (SSSR count). The Morgan fingerprint density at radius 3 is 2.23 bits per heavy atom. The molecule has 112 valence electrons. The standard InChI is InChI=1S/C17H14O5/c1-11(17(20)21)22-14-10-6-5-9-13(14)16(19)15(18)12-7-3-2-4-8-12/h2-10,15,18H,1H2,(H,20,21). The van der Waals surface area contributed by atoms with Gasteiger partial charge in [0.15, 0.2) is 5.78 Å². The summed E-state index contributed by atoms with van der Waals surface area (Å²) >= 11 is 0. The van der Waals surface area contributed by atoms with E-state index >= 15 is 0 Å². The average Bonchev–Trinajstić information content (AvgIpc) is 2.54. The lowest BCUT2D eigenvalue weighted by atomic mass is 9.99. The normalized spacial score (nSPS) is 11.5. The van der Waals surface area contributed by atoms with E-state index in [0.29, 0.717) is 5.56 Å². The van der Waals surface area contributed by atoms with Crippen molar-refractivity contribution in [3.63, 3.8) is 0 Å². The van der Waals surface area contributed by atoms with Gasteiger partial charge in [-0.2, -0.15) is 0 Å². The van der Waals surface area contributed by atoms with E-state index in [-0.39, 0.29) is 11.3 Å². The first-order chi connectivity index (χ1) is 10.5. The molecule has 0 aliphatic rings. The van der Waals surface area contributed by atoms with Gasteiger partial charge < -0.3 is 14.9 Å². The summed E-state index contributed by atoms with van der Waals surface area (Å²) in [7, 11) is 0. The molecule has 0 radical (unpaired) electrons. The monoisotopic (exact) mass is 298 g/mol. The minimum Gasteiger partial charge on any atom is -0.475 e. The second kappa shape index (κ2) is 6.69. The van der Waals surface area contributed by atoms with E-state index in [1.807, 2.05) is 0 Å². The molecule has 0 heterocycles. The molecule has 2 N–H and O–H groups in total. The highest BCUT2D eigenvalue weighted by molar-refractivity contribution is 6.02. The van der Waals surface area contributed by atoms with Crippen molar-refractivity contribution >= 4 is 11.8 Å². The largest absolute Gasteiger partial charge is 0.475 e. The van der Waals surface area contributed by atoms with Crippen LogP contribution in [0.3, 0.4) is 0 Å². The van der Waals surface area contributed by atoms with Crippen molar-refractivity contribution in [1.29, 1.82) is 0 Å². The van der Waals surface area contributed by atoms with Gasteiger partial charge in [-0.3, -0.25) is 4.79 Å². The number of aliphatic hydroxyl groups is 1. The molecular formula is C17H14O5. The summed E-state index contributed by atoms with van der Waals surface area (Å²) in [4.78, 5) is 23.2. The van der Waals surface area contributed by atoms with Crippen molar-refractivity contribution in [1.82, 2.24) is 0 Å². The number of Topliss-reactive ketones (excluding diaryl/α,β-unsaturated/α-hetero) is 1. The number of ether oxygens (including phenoxy) is 1. The summed E-state index contributed by atoms with van der Waals surface area (Å²) in [5.41, 5.74) is 0.528. The highest BCUT2D eigenvalue weighted by atomic mass is 16.5. The van der Waals surface area contributed by atoms with Crippen molar-refractivity contribution < 1.29 is 24.5 Å². The van der Waals surface area contributed by atoms with Crippen molar-refractivity contribution in [2.75, 3.05) is 0 Å². The zero-order valence-corrected chi connectivity index (χ0v) is 11.6. The molecule has 0 saturated heterocycles. The van der Waals surface area contributed by atoms with E-state index in [1.54, 1.807) is 42.5 Å². The van der Waals surface area contributed by atoms with E-state index in [9.17, 15) is 14.7 Å². The van der Waals surface area contributed by atoms with Gasteiger partial charge in [-0.1, -0.05) is 42.5 Å². The lowest BCUT2D eigenvalue weighted by Gasteiger charge is -2.13. The fourth-order valence-electron chi connectivity index (χ4n) is 1.87. The lowest BCUT2D eigenvalue weighted by molar-refractivity contribution is -0.135. The molecule has 0 bridgehead atoms. The van der Waals surface area contributed by atoms with Crippen LogP contribution in [-0.2, 0) is 4.79 Å². The van der Waals surface area contributed by atoms with E-state index in [2.05, 4.69) is 6.58 Å². The van der Waals surface area contributed by atoms with Crippen LogP contribution in [-0.4, -0.2) is 22.0 Å². The van der Waals surface area contributed by atoms with E-state index in [4.69, 9.17) is 9.84 Å². The van der Waals surface area contributed by atoms with Gasteiger partial charge in [0.2, 0.25) is 5.76 Å². The molecule has 0 amide bonds. The van der Waals surface area contributed by atoms with Gasteiger partial charge in [-0.25, -0.2) is 4.79 Å². The number of hydrogen-bond donors (Lipinski definition) is 2. The lowest BCUT2D eigenvalue weighted by Crippen LogP contribution is -2.15. The second-order valence-electron chi connectivity index (χ2n) is 4.50. The fourth-order valence-corrected chi connectivity index (χ4v) is 1.87. The fraction of sp³-hybridized carbons (Fsp3) is 0.0588. The van der Waals surface area contributed by atoms with Gasteiger partial charge in [-0.05, 0) is 24.3 Å². The molecule has 5 nitrogen and oxygen atoms in total. The highest BCUT2D eigenvalue weighted by Gasteiger charge is 2.23. The first-order valence-electron chi connectivity index (χ1n) is 6.47. The van der Waals surface area contributed by atoms with Crippen LogP contribution in [0, 0.1) is 0 Å². The molecule has 0 saturated carbocycles. The third-order valence-electron chi connectivity index (χ3n) is 2.99. The number of aliphatic hydroxyl groups excluding tert-OH is 1. The van der Waals surface area contributed by atoms with Crippen LogP contribution >= 0.6 is 0 Å². The second-order valence-corrected chi connectivity index (χ2v) is 4.50. The third-order valence-corrected chi connectivity index (χ3v) is 2.99. The van der Waals surface area contributed by atoms with Crippen LogP contribution in [0.15, 0.2) is 66.9 Å². The summed E-state index contributed by atoms with van der Waals surface area (Å²) in [6, 6.07) is 14.5. The molecule has 5 heteroatoms. The number of carboxylic acid groups (broad SMARTS) is 1. The maximum Gasteiger partial charge on any atom is 0.371 e. The molecular weight excluding hydrogens is 284 g/mol. The molecule has 2 aromatic carbocycles. The Kier molecular flexibility index (Phi) is 4.70. The summed E-state index contributed by atoms with van der Waals surface area (Å²) in [5.74, 6) is -2.38. The Labute approximate surface area is 127 Å². The van der Waals surface area contributed by atoms with Crippen LogP contribution in [0.5, 0.6) is 5.75 Å². The molecule has 22 heavy (non-hydrogen) atoms. The van der Waals surface area contributed by atoms with E-state index in [1.165, 1.54) is 12.1 Å². The maximum absolute atomic E-state index is 12.4. The molecule has 0 spiro atoms. The van der Waals surface area contributed by atoms with Crippen molar-refractivity contribution in [3.8, 4) is 5.75 Å². The van der Waals surface area contributed by atoms with Crippen LogP contribution < -0.4 is 4.74 Å². The third kappa shape index (κ3) is 3.39. The number of para-hydroxylation sites is 1. The number of carbonyl (C=O) groups is 2. The Morgan fingerprint density at radius 1 is 1.00 bits per heavy atom. The van der Waals surface area contributed by atoms with E-state index < -0.39 is 23.6 Å². The minimum atomic E-state index is -1.36. The number of benzene rings is 2. The summed E-state index contributed by atoms with van der Waals surface area (Å²) in [6.45, 7) is 3.26. The number of carboxylic acids is 1. The molecule has 1 atom stereocenters. The van der Waals surface area contributed by atoms with Crippen LogP contribution in [0.1, 0.15) is 22.0 Å². The average molecular weight is 298 g/mol. The molecule has 1 unspecified atom stereocenters. The van der Waals surface area contributed by atoms with Crippen LogP contribution in [0.4, 0.5) is 0 Å². The first-order valence-corrected chi connectivity index (χ1v) is 6.47. The number of carbonyl (C=O) groups excluding carboxylic acids is 1. The van der Waals surface area contributed by atoms with Gasteiger partial charge in [0, 0.05) is 0 Å². The Morgan fingerprint density at radius 2 is 1.59 bits per heavy atom. The van der Waals surface area contributed by atoms with Crippen molar-refractivity contribution in [2.24, 2.45) is 0 Å². The zero-order valence-electron chi connectivity index (χ0n) is 11.6. The Bertz CT molecular complexity index is 706. The summed E-state index contributed by atoms with van der Waals surface area (Å²) in [5, 5.41) is 19.0. The first kappa shape index (κ1) is 15.5. The topological polar surface area (TPSA) is 83.8 Å². The summed E-state index contributed by atoms with van der Waals surface area (Å²) < 4.78 is 5.09. The number of aliphatic carboxylic acids is 1. The van der Waals surface area contributed by atoms with Gasteiger partial charge in [0.25, 0.3) is 0 Å². The molecule has 0 aromatic heterocycles. The summed E-state index contributed by atoms with van der Waals surface area (Å²) in [6.07, 6.45) is -1.36. The predicted octanol–water partition coefficient (Wildman–Crippen LogP) is 2.58. The van der Waals surface area contributed by atoms with Gasteiger partial charge in [0.05, 0.1) is 5.56 Å².